The molecule has 0 aliphatic rings. The van der Waals surface area contributed by atoms with Crippen molar-refractivity contribution < 1.29 is 0 Å². The summed E-state index contributed by atoms with van der Waals surface area (Å²) in [6.45, 7) is 0. The molecule has 0 amide bonds. The molecule has 1 nitrogen and oxygen atoms in total. The van der Waals surface area contributed by atoms with Gasteiger partial charge in [0.2, 0.25) is 0 Å². The molecule has 0 atom stereocenters. The number of anilines is 2. The zero-order chi connectivity index (χ0) is 21.8. The van der Waals surface area contributed by atoms with E-state index >= 15 is 0 Å². The summed E-state index contributed by atoms with van der Waals surface area (Å²) in [5.41, 5.74) is 9.64. The summed E-state index contributed by atoms with van der Waals surface area (Å²) in [4.78, 5) is 2.27. The molecular weight excluding hydrogens is 386 g/mol. The standard InChI is InChI=1S/C31H25N/c1-32(30-19-11-18-27(21-30)24-12-5-2-6-13-24)31-22-28(25-14-7-3-8-15-25)20-29(23-31)26-16-9-4-10-17-26/h2-23H,1H3. The third kappa shape index (κ3) is 4.19. The van der Waals surface area contributed by atoms with Gasteiger partial charge in [0.1, 0.15) is 0 Å². The number of benzene rings is 5. The van der Waals surface area contributed by atoms with Gasteiger partial charge in [-0.15, -0.1) is 0 Å². The van der Waals surface area contributed by atoms with E-state index < -0.39 is 0 Å². The van der Waals surface area contributed by atoms with Gasteiger partial charge in [0.05, 0.1) is 0 Å². The number of nitrogens with zero attached hydrogens (tertiary/aromatic N) is 1. The van der Waals surface area contributed by atoms with Crippen LogP contribution in [-0.2, 0) is 0 Å². The summed E-state index contributed by atoms with van der Waals surface area (Å²) in [5, 5.41) is 0. The number of hydrogen-bond acceptors (Lipinski definition) is 1. The highest BCUT2D eigenvalue weighted by molar-refractivity contribution is 5.81. The Balaban J connectivity index is 1.60. The molecule has 0 saturated heterocycles. The van der Waals surface area contributed by atoms with Gasteiger partial charge in [0.15, 0.2) is 0 Å². The molecule has 0 unspecified atom stereocenters. The van der Waals surface area contributed by atoms with Gasteiger partial charge in [-0.25, -0.2) is 0 Å². The SMILES string of the molecule is CN(c1cccc(-c2ccccc2)c1)c1cc(-c2ccccc2)cc(-c2ccccc2)c1. The fourth-order valence-corrected chi connectivity index (χ4v) is 4.07. The van der Waals surface area contributed by atoms with Crippen LogP contribution in [0.4, 0.5) is 11.4 Å². The average Bonchev–Trinajstić information content (AvgIpc) is 2.89. The normalized spacial score (nSPS) is 10.7. The van der Waals surface area contributed by atoms with Gasteiger partial charge in [0, 0.05) is 18.4 Å². The van der Waals surface area contributed by atoms with Crippen LogP contribution in [0.3, 0.4) is 0 Å². The fraction of sp³-hybridized carbons (Fsp3) is 0.0323. The molecule has 0 bridgehead atoms. The molecule has 154 valence electrons. The first kappa shape index (κ1) is 19.8. The van der Waals surface area contributed by atoms with Crippen molar-refractivity contribution in [2.75, 3.05) is 11.9 Å². The van der Waals surface area contributed by atoms with Crippen molar-refractivity contribution in [3.05, 3.63) is 133 Å². The monoisotopic (exact) mass is 411 g/mol. The van der Waals surface area contributed by atoms with Crippen molar-refractivity contribution in [1.82, 2.24) is 0 Å². The van der Waals surface area contributed by atoms with Crippen molar-refractivity contribution in [2.24, 2.45) is 0 Å². The average molecular weight is 412 g/mol. The maximum atomic E-state index is 2.28. The highest BCUT2D eigenvalue weighted by Gasteiger charge is 2.11. The van der Waals surface area contributed by atoms with Gasteiger partial charge in [-0.1, -0.05) is 103 Å². The summed E-state index contributed by atoms with van der Waals surface area (Å²) in [6.07, 6.45) is 0. The van der Waals surface area contributed by atoms with Crippen LogP contribution in [0.2, 0.25) is 0 Å². The number of rotatable bonds is 5. The lowest BCUT2D eigenvalue weighted by Crippen LogP contribution is -2.09. The van der Waals surface area contributed by atoms with Crippen LogP contribution in [0.25, 0.3) is 33.4 Å². The molecule has 5 rings (SSSR count). The summed E-state index contributed by atoms with van der Waals surface area (Å²) in [6, 6.07) is 47.3. The van der Waals surface area contributed by atoms with E-state index in [2.05, 4.69) is 145 Å². The smallest absolute Gasteiger partial charge is 0.0420 e. The van der Waals surface area contributed by atoms with E-state index in [1.807, 2.05) is 0 Å². The fourth-order valence-electron chi connectivity index (χ4n) is 4.07. The second kappa shape index (κ2) is 8.95. The minimum Gasteiger partial charge on any atom is -0.345 e. The molecule has 0 saturated carbocycles. The first-order valence-corrected chi connectivity index (χ1v) is 10.9. The van der Waals surface area contributed by atoms with Crippen LogP contribution in [-0.4, -0.2) is 7.05 Å². The Kier molecular flexibility index (Phi) is 5.55. The van der Waals surface area contributed by atoms with E-state index in [1.54, 1.807) is 0 Å². The van der Waals surface area contributed by atoms with Crippen molar-refractivity contribution in [1.29, 1.82) is 0 Å². The molecule has 1 heteroatoms. The molecule has 5 aromatic carbocycles. The minimum absolute atomic E-state index is 1.16. The van der Waals surface area contributed by atoms with Crippen molar-refractivity contribution in [3.8, 4) is 33.4 Å². The number of hydrogen-bond donors (Lipinski definition) is 0. The van der Waals surface area contributed by atoms with Gasteiger partial charge in [0.25, 0.3) is 0 Å². The summed E-state index contributed by atoms with van der Waals surface area (Å²) < 4.78 is 0. The van der Waals surface area contributed by atoms with Gasteiger partial charge in [-0.3, -0.25) is 0 Å². The largest absolute Gasteiger partial charge is 0.345 e. The lowest BCUT2D eigenvalue weighted by atomic mass is 9.97. The maximum Gasteiger partial charge on any atom is 0.0420 e. The second-order valence-electron chi connectivity index (χ2n) is 7.98. The van der Waals surface area contributed by atoms with E-state index in [-0.39, 0.29) is 0 Å². The molecule has 0 fully saturated rings. The maximum absolute atomic E-state index is 2.28. The molecule has 32 heavy (non-hydrogen) atoms. The minimum atomic E-state index is 1.16. The summed E-state index contributed by atoms with van der Waals surface area (Å²) in [5.74, 6) is 0. The van der Waals surface area contributed by atoms with E-state index in [4.69, 9.17) is 0 Å². The van der Waals surface area contributed by atoms with Crippen LogP contribution >= 0.6 is 0 Å². The van der Waals surface area contributed by atoms with Crippen LogP contribution in [0, 0.1) is 0 Å². The van der Waals surface area contributed by atoms with E-state index in [1.165, 1.54) is 33.4 Å². The van der Waals surface area contributed by atoms with Gasteiger partial charge in [-0.2, -0.15) is 0 Å². The first-order chi connectivity index (χ1) is 15.8. The Morgan fingerprint density at radius 2 is 0.750 bits per heavy atom. The van der Waals surface area contributed by atoms with Crippen LogP contribution in [0.15, 0.2) is 133 Å². The second-order valence-corrected chi connectivity index (χ2v) is 7.98. The van der Waals surface area contributed by atoms with Crippen molar-refractivity contribution >= 4 is 11.4 Å². The van der Waals surface area contributed by atoms with Crippen molar-refractivity contribution in [3.63, 3.8) is 0 Å². The zero-order valence-corrected chi connectivity index (χ0v) is 18.1. The molecular formula is C31H25N. The topological polar surface area (TPSA) is 3.24 Å². The molecule has 0 heterocycles. The molecule has 5 aromatic rings. The van der Waals surface area contributed by atoms with Crippen LogP contribution in [0.1, 0.15) is 0 Å². The Hall–Kier alpha value is -4.10. The third-order valence-corrected chi connectivity index (χ3v) is 5.86. The van der Waals surface area contributed by atoms with Gasteiger partial charge < -0.3 is 4.90 Å². The molecule has 0 aliphatic carbocycles. The molecule has 0 aromatic heterocycles. The molecule has 0 N–H and O–H groups in total. The molecule has 0 aliphatic heterocycles. The Labute approximate surface area is 190 Å². The van der Waals surface area contributed by atoms with E-state index in [0.29, 0.717) is 0 Å². The predicted octanol–water partition coefficient (Wildman–Crippen LogP) is 8.46. The first-order valence-electron chi connectivity index (χ1n) is 10.9. The third-order valence-electron chi connectivity index (χ3n) is 5.86. The summed E-state index contributed by atoms with van der Waals surface area (Å²) in [7, 11) is 2.14. The lowest BCUT2D eigenvalue weighted by molar-refractivity contribution is 1.21. The Morgan fingerprint density at radius 1 is 0.344 bits per heavy atom. The van der Waals surface area contributed by atoms with E-state index in [9.17, 15) is 0 Å². The molecule has 0 radical (unpaired) electrons. The van der Waals surface area contributed by atoms with Crippen LogP contribution in [0.5, 0.6) is 0 Å². The zero-order valence-electron chi connectivity index (χ0n) is 18.1. The van der Waals surface area contributed by atoms with Crippen LogP contribution < -0.4 is 4.90 Å². The van der Waals surface area contributed by atoms with E-state index in [0.717, 1.165) is 11.4 Å². The predicted molar refractivity (Wildman–Crippen MR) is 137 cm³/mol. The molecule has 0 spiro atoms. The highest BCUT2D eigenvalue weighted by atomic mass is 15.1. The van der Waals surface area contributed by atoms with Gasteiger partial charge >= 0.3 is 0 Å². The quantitative estimate of drug-likeness (QED) is 0.280. The lowest BCUT2D eigenvalue weighted by Gasteiger charge is -2.22. The summed E-state index contributed by atoms with van der Waals surface area (Å²) >= 11 is 0. The van der Waals surface area contributed by atoms with Crippen molar-refractivity contribution in [2.45, 2.75) is 0 Å². The Morgan fingerprint density at radius 3 is 1.25 bits per heavy atom. The Bertz CT molecular complexity index is 1250. The van der Waals surface area contributed by atoms with Gasteiger partial charge in [-0.05, 0) is 63.7 Å². The highest BCUT2D eigenvalue weighted by Crippen LogP contribution is 2.35.